The highest BCUT2D eigenvalue weighted by molar-refractivity contribution is 7.99. The van der Waals surface area contributed by atoms with Gasteiger partial charge in [-0.05, 0) is 49.6 Å². The van der Waals surface area contributed by atoms with E-state index in [1.54, 1.807) is 0 Å². The number of ether oxygens (including phenoxy) is 1. The molecule has 6 nitrogen and oxygen atoms in total. The topological polar surface area (TPSA) is 69.0 Å². The minimum absolute atomic E-state index is 0.0564. The van der Waals surface area contributed by atoms with Gasteiger partial charge in [-0.3, -0.25) is 4.79 Å². The predicted octanol–water partition coefficient (Wildman–Crippen LogP) is 4.48. The van der Waals surface area contributed by atoms with Gasteiger partial charge in [-0.25, -0.2) is 0 Å². The lowest BCUT2D eigenvalue weighted by Crippen LogP contribution is -2.16. The highest BCUT2D eigenvalue weighted by Gasteiger charge is 2.14. The summed E-state index contributed by atoms with van der Waals surface area (Å²) in [4.78, 5) is 12.4. The Balaban J connectivity index is 1.59. The molecule has 0 spiro atoms. The van der Waals surface area contributed by atoms with E-state index in [0.29, 0.717) is 18.3 Å². The van der Waals surface area contributed by atoms with Gasteiger partial charge in [0.1, 0.15) is 12.4 Å². The molecule has 0 bridgehead atoms. The van der Waals surface area contributed by atoms with Crippen molar-refractivity contribution in [2.24, 2.45) is 0 Å². The number of anilines is 1. The Morgan fingerprint density at radius 3 is 2.72 bits per heavy atom. The van der Waals surface area contributed by atoms with Crippen LogP contribution >= 0.6 is 11.8 Å². The highest BCUT2D eigenvalue weighted by atomic mass is 32.2. The fourth-order valence-electron chi connectivity index (χ4n) is 2.97. The first-order valence-corrected chi connectivity index (χ1v) is 10.7. The summed E-state index contributed by atoms with van der Waals surface area (Å²) in [5, 5.41) is 12.2. The molecule has 152 valence electrons. The Morgan fingerprint density at radius 2 is 1.97 bits per heavy atom. The lowest BCUT2D eigenvalue weighted by atomic mass is 10.1. The largest absolute Gasteiger partial charge is 0.486 e. The maximum atomic E-state index is 12.4. The standard InChI is InChI=1S/C22H26N4O2S/c1-4-17-10-6-7-12-19(17)23-21(27)15-29-22-25-24-20(26(22)5-2)14-28-18-11-8-9-16(3)13-18/h6-13H,4-5,14-15H2,1-3H3,(H,23,27). The molecule has 29 heavy (non-hydrogen) atoms. The normalized spacial score (nSPS) is 10.7. The zero-order valence-corrected chi connectivity index (χ0v) is 17.8. The number of hydrogen-bond donors (Lipinski definition) is 1. The molecule has 2 aromatic carbocycles. The van der Waals surface area contributed by atoms with Crippen LogP contribution in [0.5, 0.6) is 5.75 Å². The van der Waals surface area contributed by atoms with E-state index in [4.69, 9.17) is 4.74 Å². The van der Waals surface area contributed by atoms with Crippen LogP contribution in [0.3, 0.4) is 0 Å². The van der Waals surface area contributed by atoms with Crippen LogP contribution in [0, 0.1) is 6.92 Å². The zero-order valence-electron chi connectivity index (χ0n) is 17.0. The van der Waals surface area contributed by atoms with Crippen molar-refractivity contribution in [1.82, 2.24) is 14.8 Å². The van der Waals surface area contributed by atoms with Crippen molar-refractivity contribution in [2.45, 2.75) is 45.5 Å². The first-order valence-electron chi connectivity index (χ1n) is 9.72. The van der Waals surface area contributed by atoms with Gasteiger partial charge in [-0.15, -0.1) is 10.2 Å². The molecular formula is C22H26N4O2S. The number of rotatable bonds is 9. The van der Waals surface area contributed by atoms with Crippen LogP contribution in [0.15, 0.2) is 53.7 Å². The van der Waals surface area contributed by atoms with Crippen LogP contribution in [0.1, 0.15) is 30.8 Å². The first kappa shape index (κ1) is 20.9. The Morgan fingerprint density at radius 1 is 1.14 bits per heavy atom. The van der Waals surface area contributed by atoms with Gasteiger partial charge in [-0.1, -0.05) is 49.0 Å². The summed E-state index contributed by atoms with van der Waals surface area (Å²) in [6.07, 6.45) is 0.873. The lowest BCUT2D eigenvalue weighted by Gasteiger charge is -2.10. The van der Waals surface area contributed by atoms with Crippen molar-refractivity contribution in [1.29, 1.82) is 0 Å². The minimum atomic E-state index is -0.0564. The van der Waals surface area contributed by atoms with Gasteiger partial charge in [0.05, 0.1) is 5.75 Å². The van der Waals surface area contributed by atoms with Gasteiger partial charge < -0.3 is 14.6 Å². The van der Waals surface area contributed by atoms with Crippen molar-refractivity contribution < 1.29 is 9.53 Å². The number of benzene rings is 2. The number of amides is 1. The lowest BCUT2D eigenvalue weighted by molar-refractivity contribution is -0.113. The second-order valence-electron chi connectivity index (χ2n) is 6.60. The smallest absolute Gasteiger partial charge is 0.234 e. The Hall–Kier alpha value is -2.80. The molecule has 3 rings (SSSR count). The summed E-state index contributed by atoms with van der Waals surface area (Å²) in [6.45, 7) is 7.17. The van der Waals surface area contributed by atoms with Crippen LogP contribution in [0.25, 0.3) is 0 Å². The molecule has 1 heterocycles. The summed E-state index contributed by atoms with van der Waals surface area (Å²) in [7, 11) is 0. The van der Waals surface area contributed by atoms with E-state index in [1.165, 1.54) is 11.8 Å². The molecule has 0 atom stereocenters. The molecule has 3 aromatic rings. The van der Waals surface area contributed by atoms with E-state index in [-0.39, 0.29) is 11.7 Å². The maximum absolute atomic E-state index is 12.4. The molecule has 0 saturated carbocycles. The first-order chi connectivity index (χ1) is 14.1. The summed E-state index contributed by atoms with van der Waals surface area (Å²) in [5.41, 5.74) is 3.13. The van der Waals surface area contributed by atoms with Crippen LogP contribution in [0.2, 0.25) is 0 Å². The number of aromatic nitrogens is 3. The van der Waals surface area contributed by atoms with E-state index in [9.17, 15) is 4.79 Å². The van der Waals surface area contributed by atoms with Crippen LogP contribution in [-0.2, 0) is 24.4 Å². The summed E-state index contributed by atoms with van der Waals surface area (Å²) < 4.78 is 7.83. The van der Waals surface area contributed by atoms with Gasteiger partial charge in [0, 0.05) is 12.2 Å². The summed E-state index contributed by atoms with van der Waals surface area (Å²) in [6, 6.07) is 15.8. The summed E-state index contributed by atoms with van der Waals surface area (Å²) in [5.74, 6) is 1.76. The molecule has 1 amide bonds. The van der Waals surface area contributed by atoms with Gasteiger partial charge in [0.2, 0.25) is 5.91 Å². The Labute approximate surface area is 175 Å². The number of hydrogen-bond acceptors (Lipinski definition) is 5. The molecule has 1 N–H and O–H groups in total. The molecule has 0 aliphatic carbocycles. The molecule has 0 aliphatic rings. The van der Waals surface area contributed by atoms with Gasteiger partial charge in [0.25, 0.3) is 0 Å². The third-order valence-electron chi connectivity index (χ3n) is 4.47. The van der Waals surface area contributed by atoms with Crippen molar-refractivity contribution in [3.63, 3.8) is 0 Å². The van der Waals surface area contributed by atoms with E-state index in [1.807, 2.05) is 66.9 Å². The fraction of sp³-hybridized carbons (Fsp3) is 0.318. The Kier molecular flexibility index (Phi) is 7.30. The SMILES string of the molecule is CCc1ccccc1NC(=O)CSc1nnc(COc2cccc(C)c2)n1CC. The molecule has 0 fully saturated rings. The summed E-state index contributed by atoms with van der Waals surface area (Å²) >= 11 is 1.38. The molecular weight excluding hydrogens is 384 g/mol. The van der Waals surface area contributed by atoms with E-state index in [0.717, 1.165) is 34.8 Å². The number of para-hydroxylation sites is 1. The second kappa shape index (κ2) is 10.1. The highest BCUT2D eigenvalue weighted by Crippen LogP contribution is 2.21. The fourth-order valence-corrected chi connectivity index (χ4v) is 3.79. The molecule has 0 aliphatic heterocycles. The van der Waals surface area contributed by atoms with Gasteiger partial charge in [0.15, 0.2) is 11.0 Å². The average Bonchev–Trinajstić information content (AvgIpc) is 3.13. The molecule has 1 aromatic heterocycles. The minimum Gasteiger partial charge on any atom is -0.486 e. The number of carbonyl (C=O) groups is 1. The van der Waals surface area contributed by atoms with Crippen molar-refractivity contribution in [2.75, 3.05) is 11.1 Å². The molecule has 0 radical (unpaired) electrons. The number of nitrogens with one attached hydrogen (secondary N) is 1. The van der Waals surface area contributed by atoms with E-state index >= 15 is 0 Å². The number of thioether (sulfide) groups is 1. The number of nitrogens with zero attached hydrogens (tertiary/aromatic N) is 3. The van der Waals surface area contributed by atoms with E-state index in [2.05, 4.69) is 22.4 Å². The zero-order chi connectivity index (χ0) is 20.6. The quantitative estimate of drug-likeness (QED) is 0.527. The second-order valence-corrected chi connectivity index (χ2v) is 7.54. The van der Waals surface area contributed by atoms with Crippen LogP contribution < -0.4 is 10.1 Å². The van der Waals surface area contributed by atoms with Gasteiger partial charge in [-0.2, -0.15) is 0 Å². The Bertz CT molecular complexity index is 971. The average molecular weight is 411 g/mol. The van der Waals surface area contributed by atoms with Crippen molar-refractivity contribution >= 4 is 23.4 Å². The van der Waals surface area contributed by atoms with Crippen molar-refractivity contribution in [3.8, 4) is 5.75 Å². The maximum Gasteiger partial charge on any atom is 0.234 e. The predicted molar refractivity (Wildman–Crippen MR) is 116 cm³/mol. The van der Waals surface area contributed by atoms with Crippen molar-refractivity contribution in [3.05, 3.63) is 65.5 Å². The van der Waals surface area contributed by atoms with Crippen LogP contribution in [-0.4, -0.2) is 26.4 Å². The van der Waals surface area contributed by atoms with E-state index < -0.39 is 0 Å². The van der Waals surface area contributed by atoms with Gasteiger partial charge >= 0.3 is 0 Å². The van der Waals surface area contributed by atoms with Crippen LogP contribution in [0.4, 0.5) is 5.69 Å². The number of aryl methyl sites for hydroxylation is 2. The molecule has 7 heteroatoms. The number of carbonyl (C=O) groups excluding carboxylic acids is 1. The third kappa shape index (κ3) is 5.60. The monoisotopic (exact) mass is 410 g/mol. The molecule has 0 unspecified atom stereocenters. The third-order valence-corrected chi connectivity index (χ3v) is 5.44. The molecule has 0 saturated heterocycles.